The van der Waals surface area contributed by atoms with Crippen LogP contribution in [0.25, 0.3) is 11.6 Å². The van der Waals surface area contributed by atoms with Gasteiger partial charge in [0.05, 0.1) is 10.7 Å². The van der Waals surface area contributed by atoms with Gasteiger partial charge in [0.25, 0.3) is 0 Å². The van der Waals surface area contributed by atoms with Crippen molar-refractivity contribution in [3.8, 4) is 11.6 Å². The molecule has 2 heterocycles. The van der Waals surface area contributed by atoms with Gasteiger partial charge in [-0.1, -0.05) is 6.92 Å². The first kappa shape index (κ1) is 11.1. The van der Waals surface area contributed by atoms with Crippen LogP contribution in [0.4, 0.5) is 5.82 Å². The van der Waals surface area contributed by atoms with Crippen LogP contribution in [0.3, 0.4) is 0 Å². The lowest BCUT2D eigenvalue weighted by molar-refractivity contribution is 0.575. The van der Waals surface area contributed by atoms with Crippen molar-refractivity contribution in [3.63, 3.8) is 0 Å². The SMILES string of the molecule is CCc1cc(NN)nc(-c2occc2Br)n1. The number of hydrazine groups is 1. The van der Waals surface area contributed by atoms with E-state index in [4.69, 9.17) is 10.3 Å². The first-order valence-electron chi connectivity index (χ1n) is 4.82. The fraction of sp³-hybridized carbons (Fsp3) is 0.200. The van der Waals surface area contributed by atoms with Gasteiger partial charge in [-0.3, -0.25) is 0 Å². The number of hydrogen-bond acceptors (Lipinski definition) is 5. The molecular formula is C10H11BrN4O. The molecule has 5 nitrogen and oxygen atoms in total. The zero-order chi connectivity index (χ0) is 11.5. The third-order valence-electron chi connectivity index (χ3n) is 2.11. The van der Waals surface area contributed by atoms with Crippen molar-refractivity contribution in [2.45, 2.75) is 13.3 Å². The Morgan fingerprint density at radius 3 is 2.88 bits per heavy atom. The average molecular weight is 283 g/mol. The number of nitrogens with one attached hydrogen (secondary N) is 1. The van der Waals surface area contributed by atoms with Crippen molar-refractivity contribution in [3.05, 3.63) is 28.6 Å². The molecule has 84 valence electrons. The maximum absolute atomic E-state index is 5.35. The smallest absolute Gasteiger partial charge is 0.199 e. The predicted molar refractivity (Wildman–Crippen MR) is 64.6 cm³/mol. The maximum Gasteiger partial charge on any atom is 0.199 e. The highest BCUT2D eigenvalue weighted by molar-refractivity contribution is 9.10. The van der Waals surface area contributed by atoms with Gasteiger partial charge in [-0.05, 0) is 28.4 Å². The summed E-state index contributed by atoms with van der Waals surface area (Å²) in [7, 11) is 0. The molecule has 0 aliphatic heterocycles. The third-order valence-corrected chi connectivity index (χ3v) is 2.73. The average Bonchev–Trinajstić information content (AvgIpc) is 2.74. The molecule has 0 fully saturated rings. The Bertz CT molecular complexity index is 475. The second-order valence-electron chi connectivity index (χ2n) is 3.16. The van der Waals surface area contributed by atoms with E-state index in [1.54, 1.807) is 18.4 Å². The van der Waals surface area contributed by atoms with E-state index in [9.17, 15) is 0 Å². The summed E-state index contributed by atoms with van der Waals surface area (Å²) in [6.07, 6.45) is 2.39. The van der Waals surface area contributed by atoms with Gasteiger partial charge in [0.15, 0.2) is 11.6 Å². The molecule has 16 heavy (non-hydrogen) atoms. The molecule has 0 unspecified atom stereocenters. The first-order valence-corrected chi connectivity index (χ1v) is 5.61. The molecular weight excluding hydrogens is 272 g/mol. The monoisotopic (exact) mass is 282 g/mol. The molecule has 0 amide bonds. The van der Waals surface area contributed by atoms with Crippen molar-refractivity contribution >= 4 is 21.7 Å². The largest absolute Gasteiger partial charge is 0.460 e. The molecule has 0 saturated heterocycles. The molecule has 6 heteroatoms. The van der Waals surface area contributed by atoms with Crippen LogP contribution in [0.2, 0.25) is 0 Å². The molecule has 0 aliphatic rings. The van der Waals surface area contributed by atoms with Gasteiger partial charge < -0.3 is 9.84 Å². The summed E-state index contributed by atoms with van der Waals surface area (Å²) in [6.45, 7) is 2.02. The molecule has 2 rings (SSSR count). The highest BCUT2D eigenvalue weighted by Gasteiger charge is 2.12. The fourth-order valence-electron chi connectivity index (χ4n) is 1.31. The zero-order valence-electron chi connectivity index (χ0n) is 8.70. The lowest BCUT2D eigenvalue weighted by atomic mass is 10.3. The summed E-state index contributed by atoms with van der Waals surface area (Å²) >= 11 is 3.37. The van der Waals surface area contributed by atoms with Crippen molar-refractivity contribution in [2.75, 3.05) is 5.43 Å². The van der Waals surface area contributed by atoms with Gasteiger partial charge in [-0.2, -0.15) is 0 Å². The van der Waals surface area contributed by atoms with Crippen LogP contribution in [-0.4, -0.2) is 9.97 Å². The summed E-state index contributed by atoms with van der Waals surface area (Å²) in [5, 5.41) is 0. The summed E-state index contributed by atoms with van der Waals surface area (Å²) in [4.78, 5) is 8.60. The number of furan rings is 1. The van der Waals surface area contributed by atoms with Crippen LogP contribution in [-0.2, 0) is 6.42 Å². The quantitative estimate of drug-likeness (QED) is 0.668. The Labute approximate surface area is 101 Å². The number of nitrogens with two attached hydrogens (primary N) is 1. The highest BCUT2D eigenvalue weighted by Crippen LogP contribution is 2.27. The van der Waals surface area contributed by atoms with E-state index in [0.717, 1.165) is 16.6 Å². The maximum atomic E-state index is 5.35. The minimum atomic E-state index is 0.518. The molecule has 0 atom stereocenters. The molecule has 2 aromatic heterocycles. The van der Waals surface area contributed by atoms with Gasteiger partial charge in [0, 0.05) is 11.8 Å². The lowest BCUT2D eigenvalue weighted by Crippen LogP contribution is -2.10. The summed E-state index contributed by atoms with van der Waals surface area (Å²) in [5.41, 5.74) is 3.42. The predicted octanol–water partition coefficient (Wildman–Crippen LogP) is 2.35. The van der Waals surface area contributed by atoms with Gasteiger partial charge in [0.1, 0.15) is 5.82 Å². The van der Waals surface area contributed by atoms with Crippen LogP contribution in [0.15, 0.2) is 27.3 Å². The van der Waals surface area contributed by atoms with E-state index in [2.05, 4.69) is 31.3 Å². The van der Waals surface area contributed by atoms with Crippen molar-refractivity contribution in [1.29, 1.82) is 0 Å². The number of aromatic nitrogens is 2. The summed E-state index contributed by atoms with van der Waals surface area (Å²) in [5.74, 6) is 7.05. The zero-order valence-corrected chi connectivity index (χ0v) is 10.3. The Kier molecular flexibility index (Phi) is 3.21. The van der Waals surface area contributed by atoms with E-state index in [0.29, 0.717) is 17.4 Å². The highest BCUT2D eigenvalue weighted by atomic mass is 79.9. The number of hydrogen-bond donors (Lipinski definition) is 2. The van der Waals surface area contributed by atoms with Gasteiger partial charge in [0.2, 0.25) is 0 Å². The summed E-state index contributed by atoms with van der Waals surface area (Å²) in [6, 6.07) is 3.60. The van der Waals surface area contributed by atoms with E-state index >= 15 is 0 Å². The molecule has 2 aromatic rings. The topological polar surface area (TPSA) is 77.0 Å². The molecule has 3 N–H and O–H groups in total. The van der Waals surface area contributed by atoms with Crippen LogP contribution < -0.4 is 11.3 Å². The number of nitrogen functional groups attached to an aromatic ring is 1. The Morgan fingerprint density at radius 2 is 2.31 bits per heavy atom. The molecule has 0 spiro atoms. The Balaban J connectivity index is 2.52. The minimum Gasteiger partial charge on any atom is -0.460 e. The second kappa shape index (κ2) is 4.63. The van der Waals surface area contributed by atoms with Crippen molar-refractivity contribution in [1.82, 2.24) is 9.97 Å². The van der Waals surface area contributed by atoms with E-state index in [1.807, 2.05) is 6.92 Å². The Morgan fingerprint density at radius 1 is 1.50 bits per heavy atom. The number of rotatable bonds is 3. The van der Waals surface area contributed by atoms with Crippen LogP contribution in [0, 0.1) is 0 Å². The molecule has 0 saturated carbocycles. The van der Waals surface area contributed by atoms with E-state index < -0.39 is 0 Å². The van der Waals surface area contributed by atoms with Crippen LogP contribution in [0.5, 0.6) is 0 Å². The van der Waals surface area contributed by atoms with Gasteiger partial charge in [-0.25, -0.2) is 15.8 Å². The fourth-order valence-corrected chi connectivity index (χ4v) is 1.69. The number of halogens is 1. The van der Waals surface area contributed by atoms with Crippen LogP contribution >= 0.6 is 15.9 Å². The van der Waals surface area contributed by atoms with Crippen LogP contribution in [0.1, 0.15) is 12.6 Å². The molecule has 0 radical (unpaired) electrons. The van der Waals surface area contributed by atoms with Crippen molar-refractivity contribution < 1.29 is 4.42 Å². The second-order valence-corrected chi connectivity index (χ2v) is 4.02. The number of aryl methyl sites for hydroxylation is 1. The molecule has 0 aromatic carbocycles. The summed E-state index contributed by atoms with van der Waals surface area (Å²) < 4.78 is 6.13. The number of anilines is 1. The van der Waals surface area contributed by atoms with Crippen molar-refractivity contribution in [2.24, 2.45) is 5.84 Å². The number of nitrogens with zero attached hydrogens (tertiary/aromatic N) is 2. The molecule has 0 aliphatic carbocycles. The lowest BCUT2D eigenvalue weighted by Gasteiger charge is -2.04. The van der Waals surface area contributed by atoms with Gasteiger partial charge >= 0.3 is 0 Å². The Hall–Kier alpha value is -1.40. The van der Waals surface area contributed by atoms with Gasteiger partial charge in [-0.15, -0.1) is 0 Å². The van der Waals surface area contributed by atoms with E-state index in [1.165, 1.54) is 0 Å². The third kappa shape index (κ3) is 2.07. The first-order chi connectivity index (χ1) is 7.74. The van der Waals surface area contributed by atoms with E-state index in [-0.39, 0.29) is 0 Å². The minimum absolute atomic E-state index is 0.518. The standard InChI is InChI=1S/C10H11BrN4O/c1-2-6-5-8(15-12)14-10(13-6)9-7(11)3-4-16-9/h3-5H,2,12H2,1H3,(H,13,14,15). The normalized spacial score (nSPS) is 10.4. The molecule has 0 bridgehead atoms.